The van der Waals surface area contributed by atoms with Gasteiger partial charge in [0.05, 0.1) is 13.0 Å². The van der Waals surface area contributed by atoms with Gasteiger partial charge in [-0.3, -0.25) is 4.79 Å². The van der Waals surface area contributed by atoms with E-state index < -0.39 is 0 Å². The number of anilines is 1. The molecule has 0 bridgehead atoms. The fourth-order valence-corrected chi connectivity index (χ4v) is 3.13. The van der Waals surface area contributed by atoms with Crippen LogP contribution in [0.3, 0.4) is 0 Å². The van der Waals surface area contributed by atoms with Crippen LogP contribution in [0.5, 0.6) is 0 Å². The average molecular weight is 396 g/mol. The van der Waals surface area contributed by atoms with Gasteiger partial charge in [0, 0.05) is 15.8 Å². The maximum absolute atomic E-state index is 12.3. The summed E-state index contributed by atoms with van der Waals surface area (Å²) in [6.45, 7) is 5.59. The lowest BCUT2D eigenvalue weighted by Gasteiger charge is -2.18. The second-order valence-electron chi connectivity index (χ2n) is 5.68. The number of nitrogens with zero attached hydrogens (tertiary/aromatic N) is 4. The molecule has 0 radical (unpaired) electrons. The van der Waals surface area contributed by atoms with Gasteiger partial charge >= 0.3 is 0 Å². The molecule has 1 aromatic heterocycles. The normalized spacial score (nSPS) is 14.1. The Bertz CT molecular complexity index is 680. The lowest BCUT2D eigenvalue weighted by atomic mass is 10.2. The molecule has 0 spiro atoms. The van der Waals surface area contributed by atoms with Crippen molar-refractivity contribution >= 4 is 34.2 Å². The molecule has 1 aliphatic rings. The molecule has 3 rings (SSSR count). The summed E-state index contributed by atoms with van der Waals surface area (Å²) < 4.78 is 3.05. The molecular formula is C15H17IN4O. The SMILES string of the molecule is CC(C)Cn1ncnc1CN1C(=O)Cc2cc(I)ccc21. The Hall–Kier alpha value is -1.44. The van der Waals surface area contributed by atoms with Crippen molar-refractivity contribution in [1.82, 2.24) is 14.8 Å². The van der Waals surface area contributed by atoms with E-state index in [9.17, 15) is 4.79 Å². The summed E-state index contributed by atoms with van der Waals surface area (Å²) in [7, 11) is 0. The summed E-state index contributed by atoms with van der Waals surface area (Å²) in [6, 6.07) is 6.13. The van der Waals surface area contributed by atoms with Gasteiger partial charge in [-0.25, -0.2) is 9.67 Å². The molecular weight excluding hydrogens is 379 g/mol. The van der Waals surface area contributed by atoms with E-state index in [-0.39, 0.29) is 5.91 Å². The van der Waals surface area contributed by atoms with Gasteiger partial charge in [0.2, 0.25) is 5.91 Å². The standard InChI is InChI=1S/C15H17IN4O/c1-10(2)7-20-14(17-9-18-20)8-19-13-4-3-12(16)5-11(13)6-15(19)21/h3-5,9-10H,6-8H2,1-2H3. The molecule has 110 valence electrons. The summed E-state index contributed by atoms with van der Waals surface area (Å²) >= 11 is 2.27. The predicted molar refractivity (Wildman–Crippen MR) is 88.9 cm³/mol. The van der Waals surface area contributed by atoms with Gasteiger partial charge in [-0.15, -0.1) is 0 Å². The van der Waals surface area contributed by atoms with Crippen molar-refractivity contribution in [2.45, 2.75) is 33.4 Å². The number of carbonyl (C=O) groups is 1. The minimum atomic E-state index is 0.131. The van der Waals surface area contributed by atoms with Crippen LogP contribution in [-0.2, 0) is 24.3 Å². The maximum Gasteiger partial charge on any atom is 0.231 e. The van der Waals surface area contributed by atoms with Crippen LogP contribution in [0, 0.1) is 9.49 Å². The fourth-order valence-electron chi connectivity index (χ4n) is 2.58. The number of amides is 1. The van der Waals surface area contributed by atoms with Gasteiger partial charge < -0.3 is 4.90 Å². The van der Waals surface area contributed by atoms with Crippen LogP contribution < -0.4 is 4.90 Å². The summed E-state index contributed by atoms with van der Waals surface area (Å²) in [5.74, 6) is 1.46. The molecule has 1 amide bonds. The van der Waals surface area contributed by atoms with Gasteiger partial charge in [-0.2, -0.15) is 5.10 Å². The van der Waals surface area contributed by atoms with Crippen LogP contribution in [0.2, 0.25) is 0 Å². The van der Waals surface area contributed by atoms with E-state index in [1.54, 1.807) is 6.33 Å². The lowest BCUT2D eigenvalue weighted by molar-refractivity contribution is -0.117. The van der Waals surface area contributed by atoms with Gasteiger partial charge in [-0.05, 0) is 52.3 Å². The van der Waals surface area contributed by atoms with Crippen molar-refractivity contribution < 1.29 is 4.79 Å². The predicted octanol–water partition coefficient (Wildman–Crippen LogP) is 2.63. The van der Waals surface area contributed by atoms with Crippen LogP contribution in [-0.4, -0.2) is 20.7 Å². The highest BCUT2D eigenvalue weighted by molar-refractivity contribution is 14.1. The molecule has 0 N–H and O–H groups in total. The number of halogens is 1. The number of benzene rings is 1. The Labute approximate surface area is 137 Å². The summed E-state index contributed by atoms with van der Waals surface area (Å²) in [6.07, 6.45) is 2.04. The van der Waals surface area contributed by atoms with Crippen molar-refractivity contribution in [2.75, 3.05) is 4.90 Å². The second kappa shape index (κ2) is 5.75. The second-order valence-corrected chi connectivity index (χ2v) is 6.93. The van der Waals surface area contributed by atoms with Crippen molar-refractivity contribution in [3.05, 3.63) is 39.5 Å². The van der Waals surface area contributed by atoms with Crippen LogP contribution in [0.4, 0.5) is 5.69 Å². The zero-order valence-electron chi connectivity index (χ0n) is 12.1. The van der Waals surface area contributed by atoms with Gasteiger partial charge in [-0.1, -0.05) is 13.8 Å². The van der Waals surface area contributed by atoms with Crippen LogP contribution in [0.1, 0.15) is 25.2 Å². The van der Waals surface area contributed by atoms with Gasteiger partial charge in [0.25, 0.3) is 0 Å². The van der Waals surface area contributed by atoms with Crippen molar-refractivity contribution in [1.29, 1.82) is 0 Å². The number of fused-ring (bicyclic) bond motifs is 1. The average Bonchev–Trinajstić information content (AvgIpc) is 2.95. The zero-order chi connectivity index (χ0) is 15.0. The van der Waals surface area contributed by atoms with E-state index >= 15 is 0 Å². The molecule has 1 aliphatic heterocycles. The third kappa shape index (κ3) is 2.95. The van der Waals surface area contributed by atoms with E-state index in [2.05, 4.69) is 52.6 Å². The highest BCUT2D eigenvalue weighted by Crippen LogP contribution is 2.31. The topological polar surface area (TPSA) is 51.0 Å². The van der Waals surface area contributed by atoms with Gasteiger partial charge in [0.1, 0.15) is 12.2 Å². The maximum atomic E-state index is 12.3. The minimum Gasteiger partial charge on any atom is -0.304 e. The largest absolute Gasteiger partial charge is 0.304 e. The van der Waals surface area contributed by atoms with Gasteiger partial charge in [0.15, 0.2) is 0 Å². The first-order valence-electron chi connectivity index (χ1n) is 7.00. The molecule has 2 aromatic rings. The molecule has 0 unspecified atom stereocenters. The molecule has 1 aromatic carbocycles. The Balaban J connectivity index is 1.86. The van der Waals surface area contributed by atoms with E-state index in [4.69, 9.17) is 0 Å². The van der Waals surface area contributed by atoms with Crippen LogP contribution >= 0.6 is 22.6 Å². The molecule has 0 atom stereocenters. The molecule has 0 saturated carbocycles. The Morgan fingerprint density at radius 2 is 2.19 bits per heavy atom. The first-order chi connectivity index (χ1) is 10.0. The first-order valence-corrected chi connectivity index (χ1v) is 8.08. The van der Waals surface area contributed by atoms with Crippen molar-refractivity contribution in [3.8, 4) is 0 Å². The molecule has 0 saturated heterocycles. The van der Waals surface area contributed by atoms with Crippen molar-refractivity contribution in [2.24, 2.45) is 5.92 Å². The highest BCUT2D eigenvalue weighted by atomic mass is 127. The monoisotopic (exact) mass is 396 g/mol. The quantitative estimate of drug-likeness (QED) is 0.747. The zero-order valence-corrected chi connectivity index (χ0v) is 14.2. The van der Waals surface area contributed by atoms with E-state index in [1.165, 1.54) is 0 Å². The summed E-state index contributed by atoms with van der Waals surface area (Å²) in [5, 5.41) is 4.26. The van der Waals surface area contributed by atoms with E-state index in [0.29, 0.717) is 18.9 Å². The van der Waals surface area contributed by atoms with E-state index in [0.717, 1.165) is 27.2 Å². The van der Waals surface area contributed by atoms with Crippen LogP contribution in [0.15, 0.2) is 24.5 Å². The summed E-state index contributed by atoms with van der Waals surface area (Å²) in [4.78, 5) is 18.4. The number of rotatable bonds is 4. The third-order valence-corrected chi connectivity index (χ3v) is 4.18. The molecule has 0 fully saturated rings. The Kier molecular flexibility index (Phi) is 3.97. The number of aromatic nitrogens is 3. The Morgan fingerprint density at radius 3 is 2.95 bits per heavy atom. The number of hydrogen-bond acceptors (Lipinski definition) is 3. The van der Waals surface area contributed by atoms with Crippen molar-refractivity contribution in [3.63, 3.8) is 0 Å². The minimum absolute atomic E-state index is 0.131. The van der Waals surface area contributed by atoms with E-state index in [1.807, 2.05) is 21.7 Å². The smallest absolute Gasteiger partial charge is 0.231 e. The molecule has 5 nitrogen and oxygen atoms in total. The van der Waals surface area contributed by atoms with Crippen LogP contribution in [0.25, 0.3) is 0 Å². The number of carbonyl (C=O) groups excluding carboxylic acids is 1. The molecule has 21 heavy (non-hydrogen) atoms. The molecule has 2 heterocycles. The first kappa shape index (κ1) is 14.5. The Morgan fingerprint density at radius 1 is 1.38 bits per heavy atom. The third-order valence-electron chi connectivity index (χ3n) is 3.51. The number of hydrogen-bond donors (Lipinski definition) is 0. The molecule has 6 heteroatoms. The lowest BCUT2D eigenvalue weighted by Crippen LogP contribution is -2.28. The fraction of sp³-hybridized carbons (Fsp3) is 0.400. The summed E-state index contributed by atoms with van der Waals surface area (Å²) in [5.41, 5.74) is 2.10. The highest BCUT2D eigenvalue weighted by Gasteiger charge is 2.28. The molecule has 0 aliphatic carbocycles.